The lowest BCUT2D eigenvalue weighted by atomic mass is 9.98. The van der Waals surface area contributed by atoms with Crippen molar-refractivity contribution in [1.29, 1.82) is 0 Å². The van der Waals surface area contributed by atoms with Gasteiger partial charge in [-0.15, -0.1) is 0 Å². The number of rotatable bonds is 8. The van der Waals surface area contributed by atoms with E-state index in [0.717, 1.165) is 27.2 Å². The maximum atomic E-state index is 14.1. The number of alkyl halides is 2. The number of carboxylic acid groups (broad SMARTS) is 1. The van der Waals surface area contributed by atoms with Gasteiger partial charge >= 0.3 is 12.1 Å². The van der Waals surface area contributed by atoms with Gasteiger partial charge in [0.05, 0.1) is 12.3 Å². The minimum absolute atomic E-state index is 0.0568. The van der Waals surface area contributed by atoms with Gasteiger partial charge in [0.15, 0.2) is 0 Å². The Balaban J connectivity index is 1.31. The number of hydrogen-bond acceptors (Lipinski definition) is 4. The van der Waals surface area contributed by atoms with E-state index in [1.807, 2.05) is 48.5 Å². The van der Waals surface area contributed by atoms with Gasteiger partial charge in [-0.3, -0.25) is 9.59 Å². The van der Waals surface area contributed by atoms with E-state index in [1.165, 1.54) is 7.05 Å². The fourth-order valence-corrected chi connectivity index (χ4v) is 4.43. The second-order valence-corrected chi connectivity index (χ2v) is 8.37. The molecule has 0 heterocycles. The van der Waals surface area contributed by atoms with Crippen LogP contribution in [0, 0.1) is 11.8 Å². The van der Waals surface area contributed by atoms with Crippen molar-refractivity contribution in [2.24, 2.45) is 11.8 Å². The number of fused-ring (bicyclic) bond motifs is 3. The predicted octanol–water partition coefficient (Wildman–Crippen LogP) is 3.34. The standard InChI is InChI=1S/C24H24F2N2O5/c1-28(11-10-20(29)30)22(31)21-19(24(21,25)26)12-27-23(32)33-13-18-16-8-4-2-6-14(16)15-7-3-5-9-17(15)18/h2-9,18-19,21H,10-13H2,1H3,(H,27,32)(H,29,30)/t19-,21-/m0/s1. The van der Waals surface area contributed by atoms with Crippen molar-refractivity contribution in [3.63, 3.8) is 0 Å². The molecule has 4 rings (SSSR count). The highest BCUT2D eigenvalue weighted by Crippen LogP contribution is 2.55. The Kier molecular flexibility index (Phi) is 6.05. The van der Waals surface area contributed by atoms with Crippen molar-refractivity contribution in [2.45, 2.75) is 18.3 Å². The monoisotopic (exact) mass is 458 g/mol. The lowest BCUT2D eigenvalue weighted by molar-refractivity contribution is -0.138. The minimum atomic E-state index is -3.26. The average Bonchev–Trinajstić information content (AvgIpc) is 3.20. The molecule has 0 aliphatic heterocycles. The van der Waals surface area contributed by atoms with Crippen LogP contribution in [0.2, 0.25) is 0 Å². The van der Waals surface area contributed by atoms with E-state index in [-0.39, 0.29) is 25.5 Å². The molecule has 2 aromatic rings. The Labute approximate surface area is 189 Å². The van der Waals surface area contributed by atoms with Crippen LogP contribution >= 0.6 is 0 Å². The highest BCUT2D eigenvalue weighted by Gasteiger charge is 2.72. The number of halogens is 2. The van der Waals surface area contributed by atoms with Crippen LogP contribution in [0.3, 0.4) is 0 Å². The Morgan fingerprint density at radius 2 is 1.64 bits per heavy atom. The Bertz CT molecular complexity index is 1040. The molecule has 0 aromatic heterocycles. The van der Waals surface area contributed by atoms with Gasteiger partial charge in [-0.1, -0.05) is 48.5 Å². The van der Waals surface area contributed by atoms with Gasteiger partial charge < -0.3 is 20.1 Å². The van der Waals surface area contributed by atoms with Crippen LogP contribution in [-0.4, -0.2) is 60.6 Å². The quantitative estimate of drug-likeness (QED) is 0.633. The van der Waals surface area contributed by atoms with Crippen LogP contribution in [0.25, 0.3) is 11.1 Å². The van der Waals surface area contributed by atoms with Crippen LogP contribution in [0.1, 0.15) is 23.5 Å². The van der Waals surface area contributed by atoms with Gasteiger partial charge in [0, 0.05) is 26.1 Å². The maximum absolute atomic E-state index is 14.1. The third-order valence-corrected chi connectivity index (χ3v) is 6.32. The summed E-state index contributed by atoms with van der Waals surface area (Å²) in [6.45, 7) is -0.513. The van der Waals surface area contributed by atoms with Gasteiger partial charge in [-0.25, -0.2) is 13.6 Å². The maximum Gasteiger partial charge on any atom is 0.407 e. The van der Waals surface area contributed by atoms with Crippen molar-refractivity contribution in [1.82, 2.24) is 10.2 Å². The lowest BCUT2D eigenvalue weighted by Crippen LogP contribution is -2.33. The summed E-state index contributed by atoms with van der Waals surface area (Å²) < 4.78 is 33.6. The molecule has 174 valence electrons. The fraction of sp³-hybridized carbons (Fsp3) is 0.375. The number of alkyl carbamates (subject to hydrolysis) is 1. The van der Waals surface area contributed by atoms with Gasteiger partial charge in [0.25, 0.3) is 5.92 Å². The van der Waals surface area contributed by atoms with Crippen molar-refractivity contribution in [2.75, 3.05) is 26.7 Å². The molecular formula is C24H24F2N2O5. The summed E-state index contributed by atoms with van der Waals surface area (Å²) in [4.78, 5) is 36.1. The molecule has 2 aromatic carbocycles. The number of nitrogens with one attached hydrogen (secondary N) is 1. The second kappa shape index (κ2) is 8.80. The number of carbonyl (C=O) groups is 3. The molecule has 2 aliphatic carbocycles. The minimum Gasteiger partial charge on any atom is -0.481 e. The highest BCUT2D eigenvalue weighted by atomic mass is 19.3. The Morgan fingerprint density at radius 1 is 1.06 bits per heavy atom. The van der Waals surface area contributed by atoms with Crippen molar-refractivity contribution < 1.29 is 33.0 Å². The molecule has 2 N–H and O–H groups in total. The highest BCUT2D eigenvalue weighted by molar-refractivity contribution is 5.84. The van der Waals surface area contributed by atoms with Gasteiger partial charge in [-0.05, 0) is 22.3 Å². The fourth-order valence-electron chi connectivity index (χ4n) is 4.43. The first-order valence-corrected chi connectivity index (χ1v) is 10.6. The molecule has 2 atom stereocenters. The first kappa shape index (κ1) is 22.7. The van der Waals surface area contributed by atoms with Crippen LogP contribution in [0.5, 0.6) is 0 Å². The zero-order chi connectivity index (χ0) is 23.8. The molecule has 0 radical (unpaired) electrons. The summed E-state index contributed by atoms with van der Waals surface area (Å²) in [6.07, 6.45) is -1.16. The van der Waals surface area contributed by atoms with Crippen molar-refractivity contribution in [3.8, 4) is 11.1 Å². The number of aliphatic carboxylic acids is 1. The zero-order valence-corrected chi connectivity index (χ0v) is 18.0. The normalized spacial score (nSPS) is 19.8. The molecule has 0 bridgehead atoms. The number of benzene rings is 2. The second-order valence-electron chi connectivity index (χ2n) is 8.37. The Hall–Kier alpha value is -3.49. The Morgan fingerprint density at radius 3 is 2.21 bits per heavy atom. The van der Waals surface area contributed by atoms with Crippen LogP contribution in [0.4, 0.5) is 13.6 Å². The van der Waals surface area contributed by atoms with Crippen molar-refractivity contribution >= 4 is 18.0 Å². The molecule has 1 fully saturated rings. The topological polar surface area (TPSA) is 95.9 Å². The van der Waals surface area contributed by atoms with E-state index < -0.39 is 42.3 Å². The number of ether oxygens (including phenoxy) is 1. The summed E-state index contributed by atoms with van der Waals surface area (Å²) in [5.41, 5.74) is 4.23. The molecule has 33 heavy (non-hydrogen) atoms. The van der Waals surface area contributed by atoms with Gasteiger partial charge in [-0.2, -0.15) is 0 Å². The molecule has 0 saturated heterocycles. The SMILES string of the molecule is CN(CCC(=O)O)C(=O)[C@@H]1[C@H](CNC(=O)OCC2c3ccccc3-c3ccccc32)C1(F)F. The molecule has 0 spiro atoms. The van der Waals surface area contributed by atoms with E-state index in [9.17, 15) is 23.2 Å². The summed E-state index contributed by atoms with van der Waals surface area (Å²) in [6, 6.07) is 15.7. The summed E-state index contributed by atoms with van der Waals surface area (Å²) in [5.74, 6) is -8.29. The van der Waals surface area contributed by atoms with Crippen LogP contribution < -0.4 is 5.32 Å². The van der Waals surface area contributed by atoms with Crippen molar-refractivity contribution in [3.05, 3.63) is 59.7 Å². The van der Waals surface area contributed by atoms with E-state index >= 15 is 0 Å². The molecule has 1 saturated carbocycles. The number of hydrogen-bond donors (Lipinski definition) is 2. The molecular weight excluding hydrogens is 434 g/mol. The smallest absolute Gasteiger partial charge is 0.407 e. The first-order valence-electron chi connectivity index (χ1n) is 10.6. The number of amides is 2. The molecule has 7 nitrogen and oxygen atoms in total. The molecule has 2 amide bonds. The van der Waals surface area contributed by atoms with E-state index in [0.29, 0.717) is 0 Å². The third-order valence-electron chi connectivity index (χ3n) is 6.32. The van der Waals surface area contributed by atoms with E-state index in [4.69, 9.17) is 9.84 Å². The predicted molar refractivity (Wildman–Crippen MR) is 115 cm³/mol. The van der Waals surface area contributed by atoms with E-state index in [1.54, 1.807) is 0 Å². The largest absolute Gasteiger partial charge is 0.481 e. The summed E-state index contributed by atoms with van der Waals surface area (Å²) >= 11 is 0. The zero-order valence-electron chi connectivity index (χ0n) is 18.0. The first-order chi connectivity index (χ1) is 15.7. The molecule has 9 heteroatoms. The lowest BCUT2D eigenvalue weighted by Gasteiger charge is -2.16. The summed E-state index contributed by atoms with van der Waals surface area (Å²) in [7, 11) is 1.29. The number of nitrogens with zero attached hydrogens (tertiary/aromatic N) is 1. The van der Waals surface area contributed by atoms with E-state index in [2.05, 4.69) is 5.32 Å². The molecule has 0 unspecified atom stereocenters. The van der Waals surface area contributed by atoms with Gasteiger partial charge in [0.1, 0.15) is 12.5 Å². The number of carboxylic acids is 1. The summed E-state index contributed by atoms with van der Waals surface area (Å²) in [5, 5.41) is 11.0. The number of carbonyl (C=O) groups excluding carboxylic acids is 2. The molecule has 2 aliphatic rings. The van der Waals surface area contributed by atoms with Crippen LogP contribution in [0.15, 0.2) is 48.5 Å². The third kappa shape index (κ3) is 4.40. The van der Waals surface area contributed by atoms with Crippen LogP contribution in [-0.2, 0) is 14.3 Å². The average molecular weight is 458 g/mol. The van der Waals surface area contributed by atoms with Gasteiger partial charge in [0.2, 0.25) is 5.91 Å².